The first kappa shape index (κ1) is 19.0. The molecule has 1 saturated heterocycles. The van der Waals surface area contributed by atoms with Gasteiger partial charge in [0.2, 0.25) is 0 Å². The Morgan fingerprint density at radius 1 is 1.04 bits per heavy atom. The number of benzene rings is 2. The summed E-state index contributed by atoms with van der Waals surface area (Å²) in [5, 5.41) is 20.8. The lowest BCUT2D eigenvalue weighted by Gasteiger charge is -2.39. The predicted octanol–water partition coefficient (Wildman–Crippen LogP) is 4.55. The largest absolute Gasteiger partial charge is 0.506 e. The summed E-state index contributed by atoms with van der Waals surface area (Å²) in [6.45, 7) is 1.31. The van der Waals surface area contributed by atoms with E-state index in [1.165, 1.54) is 24.3 Å². The smallest absolute Gasteiger partial charge is 0.416 e. The molecule has 0 atom stereocenters. The molecule has 0 amide bonds. The van der Waals surface area contributed by atoms with Crippen molar-refractivity contribution in [2.75, 3.05) is 13.1 Å². The molecule has 0 aromatic heterocycles. The number of hydrogen-bond acceptors (Lipinski definition) is 3. The number of phenols is 1. The summed E-state index contributed by atoms with van der Waals surface area (Å²) in [6, 6.07) is 10.2. The number of alkyl halides is 3. The Kier molecular flexibility index (Phi) is 5.19. The van der Waals surface area contributed by atoms with Crippen LogP contribution in [-0.2, 0) is 18.3 Å². The highest BCUT2D eigenvalue weighted by atomic mass is 35.5. The van der Waals surface area contributed by atoms with Crippen LogP contribution in [0.1, 0.15) is 29.5 Å². The lowest BCUT2D eigenvalue weighted by molar-refractivity contribution is -0.142. The second kappa shape index (κ2) is 7.10. The van der Waals surface area contributed by atoms with Gasteiger partial charge in [0.1, 0.15) is 5.75 Å². The fraction of sp³-hybridized carbons (Fsp3) is 0.368. The maximum atomic E-state index is 13.3. The van der Waals surface area contributed by atoms with Crippen LogP contribution >= 0.6 is 11.6 Å². The summed E-state index contributed by atoms with van der Waals surface area (Å²) in [5.41, 5.74) is -1.62. The molecule has 1 aliphatic heterocycles. The van der Waals surface area contributed by atoms with Crippen LogP contribution in [0.3, 0.4) is 0 Å². The second-order valence-electron chi connectivity index (χ2n) is 6.60. The van der Waals surface area contributed by atoms with Crippen molar-refractivity contribution < 1.29 is 23.4 Å². The van der Waals surface area contributed by atoms with E-state index in [9.17, 15) is 23.4 Å². The number of halogens is 4. The van der Waals surface area contributed by atoms with Gasteiger partial charge in [-0.3, -0.25) is 4.90 Å². The molecule has 26 heavy (non-hydrogen) atoms. The van der Waals surface area contributed by atoms with Gasteiger partial charge in [-0.1, -0.05) is 41.9 Å². The molecule has 0 aliphatic carbocycles. The number of aliphatic hydroxyl groups is 1. The van der Waals surface area contributed by atoms with Crippen molar-refractivity contribution in [3.63, 3.8) is 0 Å². The first-order valence-electron chi connectivity index (χ1n) is 8.28. The third-order valence-corrected chi connectivity index (χ3v) is 5.31. The van der Waals surface area contributed by atoms with E-state index in [1.54, 1.807) is 12.1 Å². The van der Waals surface area contributed by atoms with E-state index in [0.29, 0.717) is 19.6 Å². The summed E-state index contributed by atoms with van der Waals surface area (Å²) in [5.74, 6) is -0.00298. The minimum absolute atomic E-state index is 0.00298. The van der Waals surface area contributed by atoms with Crippen LogP contribution in [0.4, 0.5) is 13.2 Å². The molecule has 7 heteroatoms. The molecule has 1 heterocycles. The summed E-state index contributed by atoms with van der Waals surface area (Å²) in [6.07, 6.45) is -4.12. The fourth-order valence-corrected chi connectivity index (χ4v) is 3.60. The molecule has 0 radical (unpaired) electrons. The van der Waals surface area contributed by atoms with Crippen LogP contribution in [0.5, 0.6) is 5.75 Å². The molecule has 2 N–H and O–H groups in total. The summed E-state index contributed by atoms with van der Waals surface area (Å²) >= 11 is 6.08. The zero-order valence-corrected chi connectivity index (χ0v) is 14.7. The molecular formula is C19H19ClF3NO2. The van der Waals surface area contributed by atoms with Gasteiger partial charge in [-0.15, -0.1) is 0 Å². The van der Waals surface area contributed by atoms with E-state index >= 15 is 0 Å². The van der Waals surface area contributed by atoms with Gasteiger partial charge < -0.3 is 10.2 Å². The first-order chi connectivity index (χ1) is 12.2. The van der Waals surface area contributed by atoms with E-state index < -0.39 is 17.3 Å². The van der Waals surface area contributed by atoms with Crippen molar-refractivity contribution in [3.05, 3.63) is 64.2 Å². The highest BCUT2D eigenvalue weighted by Crippen LogP contribution is 2.41. The van der Waals surface area contributed by atoms with E-state index in [1.807, 2.05) is 4.90 Å². The van der Waals surface area contributed by atoms with E-state index in [4.69, 9.17) is 11.6 Å². The average molecular weight is 386 g/mol. The summed E-state index contributed by atoms with van der Waals surface area (Å²) < 4.78 is 39.8. The number of rotatable bonds is 3. The summed E-state index contributed by atoms with van der Waals surface area (Å²) in [7, 11) is 0. The molecule has 0 spiro atoms. The molecule has 1 aliphatic rings. The van der Waals surface area contributed by atoms with Crippen LogP contribution in [0.2, 0.25) is 5.02 Å². The standard InChI is InChI=1S/C19H19ClF3NO2/c20-17-13(4-3-7-16(17)25)12-24-10-8-18(26,9-11-24)14-5-1-2-6-15(14)19(21,22)23/h1-7,25-26H,8-12H2. The molecule has 140 valence electrons. The normalized spacial score (nSPS) is 18.0. The molecule has 0 saturated carbocycles. The minimum Gasteiger partial charge on any atom is -0.506 e. The number of piperidine rings is 1. The fourth-order valence-electron chi connectivity index (χ4n) is 3.42. The lowest BCUT2D eigenvalue weighted by atomic mass is 9.81. The molecule has 3 rings (SSSR count). The van der Waals surface area contributed by atoms with E-state index in [2.05, 4.69) is 0 Å². The number of phenolic OH excluding ortho intramolecular Hbond substituents is 1. The van der Waals surface area contributed by atoms with Crippen LogP contribution < -0.4 is 0 Å². The average Bonchev–Trinajstić information content (AvgIpc) is 2.60. The van der Waals surface area contributed by atoms with Crippen molar-refractivity contribution in [1.29, 1.82) is 0 Å². The third-order valence-electron chi connectivity index (χ3n) is 4.87. The topological polar surface area (TPSA) is 43.7 Å². The Bertz CT molecular complexity index is 787. The van der Waals surface area contributed by atoms with Crippen molar-refractivity contribution in [3.8, 4) is 5.75 Å². The van der Waals surface area contributed by atoms with Gasteiger partial charge >= 0.3 is 6.18 Å². The first-order valence-corrected chi connectivity index (χ1v) is 8.66. The number of likely N-dealkylation sites (tertiary alicyclic amines) is 1. The van der Waals surface area contributed by atoms with Gasteiger partial charge in [0, 0.05) is 19.6 Å². The molecular weight excluding hydrogens is 367 g/mol. The van der Waals surface area contributed by atoms with Gasteiger partial charge in [0.05, 0.1) is 16.2 Å². The zero-order chi connectivity index (χ0) is 18.9. The Morgan fingerprint density at radius 3 is 2.35 bits per heavy atom. The molecule has 0 bridgehead atoms. The SMILES string of the molecule is Oc1cccc(CN2CCC(O)(c3ccccc3C(F)(F)F)CC2)c1Cl. The van der Waals surface area contributed by atoms with Gasteiger partial charge in [0.25, 0.3) is 0 Å². The predicted molar refractivity (Wildman–Crippen MR) is 93.0 cm³/mol. The molecule has 1 fully saturated rings. The second-order valence-corrected chi connectivity index (χ2v) is 6.98. The quantitative estimate of drug-likeness (QED) is 0.814. The van der Waals surface area contributed by atoms with Crippen molar-refractivity contribution in [2.45, 2.75) is 31.2 Å². The highest BCUT2D eigenvalue weighted by molar-refractivity contribution is 6.32. The summed E-state index contributed by atoms with van der Waals surface area (Å²) in [4.78, 5) is 2.01. The van der Waals surface area contributed by atoms with Crippen molar-refractivity contribution in [2.24, 2.45) is 0 Å². The van der Waals surface area contributed by atoms with E-state index in [-0.39, 0.29) is 29.2 Å². The van der Waals surface area contributed by atoms with E-state index in [0.717, 1.165) is 11.6 Å². The van der Waals surface area contributed by atoms with Gasteiger partial charge in [-0.25, -0.2) is 0 Å². The van der Waals surface area contributed by atoms with Crippen molar-refractivity contribution in [1.82, 2.24) is 4.90 Å². The van der Waals surface area contributed by atoms with Crippen LogP contribution in [-0.4, -0.2) is 28.2 Å². The lowest BCUT2D eigenvalue weighted by Crippen LogP contribution is -2.43. The molecule has 2 aromatic rings. The van der Waals surface area contributed by atoms with Gasteiger partial charge in [0.15, 0.2) is 0 Å². The van der Waals surface area contributed by atoms with Crippen molar-refractivity contribution >= 4 is 11.6 Å². The third kappa shape index (κ3) is 3.82. The monoisotopic (exact) mass is 385 g/mol. The Labute approximate surface area is 154 Å². The Morgan fingerprint density at radius 2 is 1.69 bits per heavy atom. The van der Waals surface area contributed by atoms with Crippen LogP contribution in [0.15, 0.2) is 42.5 Å². The maximum absolute atomic E-state index is 13.3. The molecule has 2 aromatic carbocycles. The maximum Gasteiger partial charge on any atom is 0.416 e. The van der Waals surface area contributed by atoms with Gasteiger partial charge in [-0.2, -0.15) is 13.2 Å². The number of nitrogens with zero attached hydrogens (tertiary/aromatic N) is 1. The zero-order valence-electron chi connectivity index (χ0n) is 13.9. The Balaban J connectivity index is 1.75. The molecule has 3 nitrogen and oxygen atoms in total. The Hall–Kier alpha value is -1.76. The number of hydrogen-bond donors (Lipinski definition) is 2. The van der Waals surface area contributed by atoms with Crippen LogP contribution in [0, 0.1) is 0 Å². The molecule has 0 unspecified atom stereocenters. The van der Waals surface area contributed by atoms with Crippen LogP contribution in [0.25, 0.3) is 0 Å². The van der Waals surface area contributed by atoms with Gasteiger partial charge in [-0.05, 0) is 36.1 Å². The highest BCUT2D eigenvalue weighted by Gasteiger charge is 2.42. The minimum atomic E-state index is -4.50. The number of aromatic hydroxyl groups is 1.